The fourth-order valence-electron chi connectivity index (χ4n) is 2.71. The van der Waals surface area contributed by atoms with Crippen molar-refractivity contribution in [3.8, 4) is 5.75 Å². The zero-order valence-electron chi connectivity index (χ0n) is 15.7. The molecule has 0 unspecified atom stereocenters. The molecule has 0 aliphatic heterocycles. The Morgan fingerprint density at radius 3 is 2.46 bits per heavy atom. The molecule has 0 bridgehead atoms. The van der Waals surface area contributed by atoms with Gasteiger partial charge in [0.1, 0.15) is 18.5 Å². The molecule has 2 rings (SSSR count). The highest BCUT2D eigenvalue weighted by atomic mass is 16.6. The van der Waals surface area contributed by atoms with Crippen molar-refractivity contribution in [3.63, 3.8) is 0 Å². The minimum atomic E-state index is -0.870. The SMILES string of the molecule is C[C@@H](CCO)[C@H](OC(=O)NC(=O)c1ccccc1)c1cccc(OCCO)c1. The fourth-order valence-corrected chi connectivity index (χ4v) is 2.71. The molecule has 2 atom stereocenters. The molecular formula is C21H25NO6. The molecule has 0 heterocycles. The number of rotatable bonds is 9. The zero-order chi connectivity index (χ0) is 20.4. The number of benzene rings is 2. The van der Waals surface area contributed by atoms with E-state index in [0.717, 1.165) is 0 Å². The first-order valence-electron chi connectivity index (χ1n) is 9.06. The molecule has 3 N–H and O–H groups in total. The Labute approximate surface area is 163 Å². The highest BCUT2D eigenvalue weighted by Crippen LogP contribution is 2.30. The number of carbonyl (C=O) groups excluding carboxylic acids is 2. The number of imide groups is 1. The minimum Gasteiger partial charge on any atom is -0.491 e. The molecule has 0 fully saturated rings. The molecule has 7 heteroatoms. The largest absolute Gasteiger partial charge is 0.491 e. The smallest absolute Gasteiger partial charge is 0.414 e. The summed E-state index contributed by atoms with van der Waals surface area (Å²) in [4.78, 5) is 24.4. The summed E-state index contributed by atoms with van der Waals surface area (Å²) in [6, 6.07) is 15.3. The molecule has 0 aromatic heterocycles. The molecule has 2 aromatic rings. The van der Waals surface area contributed by atoms with Gasteiger partial charge in [-0.3, -0.25) is 10.1 Å². The number of ether oxygens (including phenoxy) is 2. The quantitative estimate of drug-likeness (QED) is 0.611. The van der Waals surface area contributed by atoms with Crippen LogP contribution in [0.25, 0.3) is 0 Å². The molecule has 28 heavy (non-hydrogen) atoms. The molecule has 7 nitrogen and oxygen atoms in total. The predicted molar refractivity (Wildman–Crippen MR) is 103 cm³/mol. The van der Waals surface area contributed by atoms with Crippen molar-refractivity contribution in [1.82, 2.24) is 5.32 Å². The van der Waals surface area contributed by atoms with Crippen LogP contribution < -0.4 is 10.1 Å². The standard InChI is InChI=1S/C21H25NO6/c1-15(10-11-23)19(17-8-5-9-18(14-17)27-13-12-24)28-21(26)22-20(25)16-6-3-2-4-7-16/h2-9,14-15,19,23-24H,10-13H2,1H3,(H,22,25,26)/t15-,19-/m0/s1. The van der Waals surface area contributed by atoms with Crippen molar-refractivity contribution in [3.05, 3.63) is 65.7 Å². The maximum Gasteiger partial charge on any atom is 0.414 e. The summed E-state index contributed by atoms with van der Waals surface area (Å²) in [7, 11) is 0. The third-order valence-corrected chi connectivity index (χ3v) is 4.13. The van der Waals surface area contributed by atoms with Crippen molar-refractivity contribution >= 4 is 12.0 Å². The number of alkyl carbamates (subject to hydrolysis) is 1. The van der Waals surface area contributed by atoms with E-state index in [-0.39, 0.29) is 25.7 Å². The molecular weight excluding hydrogens is 362 g/mol. The summed E-state index contributed by atoms with van der Waals surface area (Å²) in [5.74, 6) is -0.230. The average molecular weight is 387 g/mol. The number of nitrogens with one attached hydrogen (secondary N) is 1. The second-order valence-electron chi connectivity index (χ2n) is 6.28. The summed E-state index contributed by atoms with van der Waals surface area (Å²) in [5.41, 5.74) is 1.01. The van der Waals surface area contributed by atoms with Crippen molar-refractivity contribution in [2.24, 2.45) is 5.92 Å². The first-order chi connectivity index (χ1) is 13.5. The summed E-state index contributed by atoms with van der Waals surface area (Å²) in [5, 5.41) is 20.4. The van der Waals surface area contributed by atoms with E-state index in [0.29, 0.717) is 23.3 Å². The van der Waals surface area contributed by atoms with Crippen molar-refractivity contribution in [1.29, 1.82) is 0 Å². The Morgan fingerprint density at radius 1 is 1.04 bits per heavy atom. The molecule has 0 saturated carbocycles. The first-order valence-corrected chi connectivity index (χ1v) is 9.06. The average Bonchev–Trinajstić information content (AvgIpc) is 2.71. The van der Waals surface area contributed by atoms with Crippen LogP contribution in [0.4, 0.5) is 4.79 Å². The second kappa shape index (κ2) is 11.1. The van der Waals surface area contributed by atoms with Gasteiger partial charge in [-0.15, -0.1) is 0 Å². The van der Waals surface area contributed by atoms with Gasteiger partial charge >= 0.3 is 6.09 Å². The molecule has 2 aromatic carbocycles. The van der Waals surface area contributed by atoms with Crippen molar-refractivity contribution < 1.29 is 29.3 Å². The van der Waals surface area contributed by atoms with Gasteiger partial charge in [0.25, 0.3) is 5.91 Å². The zero-order valence-corrected chi connectivity index (χ0v) is 15.7. The lowest BCUT2D eigenvalue weighted by atomic mass is 9.94. The summed E-state index contributed by atoms with van der Waals surface area (Å²) < 4.78 is 10.9. The number of hydrogen-bond donors (Lipinski definition) is 3. The van der Waals surface area contributed by atoms with E-state index in [2.05, 4.69) is 5.32 Å². The summed E-state index contributed by atoms with van der Waals surface area (Å²) in [6.45, 7) is 1.81. The van der Waals surface area contributed by atoms with Gasteiger partial charge in [0.2, 0.25) is 0 Å². The minimum absolute atomic E-state index is 0.0632. The molecule has 0 aliphatic rings. The topological polar surface area (TPSA) is 105 Å². The summed E-state index contributed by atoms with van der Waals surface area (Å²) in [6.07, 6.45) is -1.15. The Hall–Kier alpha value is -2.90. The van der Waals surface area contributed by atoms with Gasteiger partial charge in [-0.1, -0.05) is 37.3 Å². The van der Waals surface area contributed by atoms with Crippen LogP contribution in [0.15, 0.2) is 54.6 Å². The van der Waals surface area contributed by atoms with Crippen molar-refractivity contribution in [2.45, 2.75) is 19.4 Å². The maximum atomic E-state index is 12.3. The maximum absolute atomic E-state index is 12.3. The molecule has 0 aliphatic carbocycles. The van der Waals surface area contributed by atoms with Crippen molar-refractivity contribution in [2.75, 3.05) is 19.8 Å². The van der Waals surface area contributed by atoms with Crippen LogP contribution in [0.3, 0.4) is 0 Å². The van der Waals surface area contributed by atoms with Gasteiger partial charge in [0, 0.05) is 12.2 Å². The second-order valence-corrected chi connectivity index (χ2v) is 6.28. The number of aliphatic hydroxyl groups excluding tert-OH is 2. The van der Waals surface area contributed by atoms with Gasteiger partial charge < -0.3 is 19.7 Å². The van der Waals surface area contributed by atoms with Gasteiger partial charge in [-0.05, 0) is 42.2 Å². The van der Waals surface area contributed by atoms with E-state index in [4.69, 9.17) is 14.6 Å². The number of aliphatic hydroxyl groups is 2. The van der Waals surface area contributed by atoms with E-state index in [1.165, 1.54) is 0 Å². The Kier molecular flexibility index (Phi) is 8.45. The van der Waals surface area contributed by atoms with Crippen LogP contribution in [-0.2, 0) is 4.74 Å². The van der Waals surface area contributed by atoms with E-state index in [1.807, 2.05) is 6.92 Å². The van der Waals surface area contributed by atoms with E-state index < -0.39 is 18.1 Å². The number of carbonyl (C=O) groups is 2. The predicted octanol–water partition coefficient (Wildman–Crippen LogP) is 2.68. The lowest BCUT2D eigenvalue weighted by Crippen LogP contribution is -2.33. The van der Waals surface area contributed by atoms with E-state index in [1.54, 1.807) is 54.6 Å². The van der Waals surface area contributed by atoms with Crippen LogP contribution in [-0.4, -0.2) is 42.0 Å². The normalized spacial score (nSPS) is 12.7. The first kappa shape index (κ1) is 21.4. The third-order valence-electron chi connectivity index (χ3n) is 4.13. The van der Waals surface area contributed by atoms with Gasteiger partial charge in [-0.25, -0.2) is 4.79 Å². The summed E-state index contributed by atoms with van der Waals surface area (Å²) >= 11 is 0. The molecule has 0 spiro atoms. The molecule has 0 radical (unpaired) electrons. The lowest BCUT2D eigenvalue weighted by Gasteiger charge is -2.24. The fraction of sp³-hybridized carbons (Fsp3) is 0.333. The monoisotopic (exact) mass is 387 g/mol. The molecule has 2 amide bonds. The lowest BCUT2D eigenvalue weighted by molar-refractivity contribution is 0.0543. The highest BCUT2D eigenvalue weighted by molar-refractivity contribution is 6.02. The van der Waals surface area contributed by atoms with E-state index in [9.17, 15) is 14.7 Å². The Balaban J connectivity index is 2.12. The van der Waals surface area contributed by atoms with Gasteiger partial charge in [-0.2, -0.15) is 0 Å². The van der Waals surface area contributed by atoms with Crippen LogP contribution >= 0.6 is 0 Å². The van der Waals surface area contributed by atoms with E-state index >= 15 is 0 Å². The van der Waals surface area contributed by atoms with Crippen LogP contribution in [0.2, 0.25) is 0 Å². The molecule has 150 valence electrons. The number of hydrogen-bond acceptors (Lipinski definition) is 6. The third kappa shape index (κ3) is 6.37. The molecule has 0 saturated heterocycles. The van der Waals surface area contributed by atoms with Gasteiger partial charge in [0.15, 0.2) is 0 Å². The van der Waals surface area contributed by atoms with Crippen LogP contribution in [0.1, 0.15) is 35.4 Å². The van der Waals surface area contributed by atoms with Gasteiger partial charge in [0.05, 0.1) is 6.61 Å². The van der Waals surface area contributed by atoms with Crippen LogP contribution in [0, 0.1) is 5.92 Å². The number of amides is 2. The van der Waals surface area contributed by atoms with Crippen LogP contribution in [0.5, 0.6) is 5.75 Å². The Bertz CT molecular complexity index is 765. The highest BCUT2D eigenvalue weighted by Gasteiger charge is 2.25. The Morgan fingerprint density at radius 2 is 1.79 bits per heavy atom.